The van der Waals surface area contributed by atoms with Gasteiger partial charge in [-0.2, -0.15) is 5.10 Å². The number of anilines is 1. The van der Waals surface area contributed by atoms with E-state index >= 15 is 0 Å². The molecule has 8 heteroatoms. The number of benzene rings is 1. The lowest BCUT2D eigenvalue weighted by Gasteiger charge is -2.18. The first-order chi connectivity index (χ1) is 14.3. The number of nitrogens with one attached hydrogen (secondary N) is 1. The fraction of sp³-hybridized carbons (Fsp3) is 0.273. The van der Waals surface area contributed by atoms with Gasteiger partial charge in [-0.05, 0) is 52.3 Å². The molecule has 1 N–H and O–H groups in total. The third-order valence-corrected chi connectivity index (χ3v) is 6.25. The van der Waals surface area contributed by atoms with Crippen molar-refractivity contribution in [2.75, 3.05) is 5.32 Å². The molecule has 0 saturated heterocycles. The third-order valence-electron chi connectivity index (χ3n) is 5.26. The molecule has 4 aromatic rings. The van der Waals surface area contributed by atoms with Crippen molar-refractivity contribution >= 4 is 33.4 Å². The van der Waals surface area contributed by atoms with Gasteiger partial charge in [0, 0.05) is 16.3 Å². The van der Waals surface area contributed by atoms with Crippen molar-refractivity contribution in [1.82, 2.24) is 19.3 Å². The summed E-state index contributed by atoms with van der Waals surface area (Å²) in [6.45, 7) is 9.39. The minimum atomic E-state index is -0.747. The average Bonchev–Trinajstić information content (AvgIpc) is 3.21. The van der Waals surface area contributed by atoms with Crippen LogP contribution in [0.25, 0.3) is 16.7 Å². The lowest BCUT2D eigenvalue weighted by molar-refractivity contribution is -0.118. The number of hydrogen-bond acceptors (Lipinski definition) is 5. The zero-order valence-electron chi connectivity index (χ0n) is 17.6. The van der Waals surface area contributed by atoms with E-state index < -0.39 is 6.04 Å². The molecular weight excluding hydrogens is 398 g/mol. The first-order valence-electron chi connectivity index (χ1n) is 9.69. The fourth-order valence-corrected chi connectivity index (χ4v) is 4.42. The summed E-state index contributed by atoms with van der Waals surface area (Å²) in [6, 6.07) is 10.4. The molecule has 30 heavy (non-hydrogen) atoms. The monoisotopic (exact) mass is 421 g/mol. The molecule has 0 saturated carbocycles. The standard InChI is InChI=1S/C22H23N5O2S/c1-12-11-18(28)26(15(4)20(29)24-22-23-13(2)16(5)30-22)21-19(12)14(3)25-27(21)17-9-7-6-8-10-17/h6-11,15H,1-5H3,(H,23,24,29). The van der Waals surface area contributed by atoms with E-state index in [0.29, 0.717) is 10.8 Å². The number of rotatable bonds is 4. The second-order valence-corrected chi connectivity index (χ2v) is 8.60. The quantitative estimate of drug-likeness (QED) is 0.538. The van der Waals surface area contributed by atoms with Gasteiger partial charge in [-0.1, -0.05) is 18.2 Å². The van der Waals surface area contributed by atoms with Gasteiger partial charge in [0.1, 0.15) is 11.7 Å². The van der Waals surface area contributed by atoms with Gasteiger partial charge >= 0.3 is 0 Å². The number of carbonyl (C=O) groups excluding carboxylic acids is 1. The summed E-state index contributed by atoms with van der Waals surface area (Å²) >= 11 is 1.42. The van der Waals surface area contributed by atoms with Gasteiger partial charge in [0.05, 0.1) is 17.1 Å². The number of carbonyl (C=O) groups is 1. The highest BCUT2D eigenvalue weighted by molar-refractivity contribution is 7.15. The van der Waals surface area contributed by atoms with Crippen LogP contribution in [-0.4, -0.2) is 25.2 Å². The Labute approximate surface area is 178 Å². The Balaban J connectivity index is 1.87. The molecule has 1 amide bonds. The summed E-state index contributed by atoms with van der Waals surface area (Å²) < 4.78 is 3.25. The molecule has 0 bridgehead atoms. The van der Waals surface area contributed by atoms with Crippen molar-refractivity contribution in [2.24, 2.45) is 0 Å². The lowest BCUT2D eigenvalue weighted by Crippen LogP contribution is -2.32. The Morgan fingerprint density at radius 3 is 2.43 bits per heavy atom. The smallest absolute Gasteiger partial charge is 0.253 e. The van der Waals surface area contributed by atoms with Gasteiger partial charge in [0.15, 0.2) is 5.13 Å². The Morgan fingerprint density at radius 2 is 1.80 bits per heavy atom. The van der Waals surface area contributed by atoms with Crippen LogP contribution < -0.4 is 10.9 Å². The van der Waals surface area contributed by atoms with Crippen molar-refractivity contribution in [3.63, 3.8) is 0 Å². The van der Waals surface area contributed by atoms with E-state index in [9.17, 15) is 9.59 Å². The van der Waals surface area contributed by atoms with Crippen LogP contribution in [0.1, 0.15) is 34.8 Å². The maximum absolute atomic E-state index is 13.0. The molecule has 0 spiro atoms. The number of pyridine rings is 1. The zero-order valence-corrected chi connectivity index (χ0v) is 18.4. The molecule has 1 atom stereocenters. The van der Waals surface area contributed by atoms with Crippen LogP contribution in [0.3, 0.4) is 0 Å². The summed E-state index contributed by atoms with van der Waals surface area (Å²) in [7, 11) is 0. The van der Waals surface area contributed by atoms with E-state index in [0.717, 1.165) is 32.9 Å². The highest BCUT2D eigenvalue weighted by Gasteiger charge is 2.24. The molecule has 1 aromatic carbocycles. The summed E-state index contributed by atoms with van der Waals surface area (Å²) in [5.74, 6) is -0.297. The largest absolute Gasteiger partial charge is 0.300 e. The highest BCUT2D eigenvalue weighted by atomic mass is 32.1. The number of hydrogen-bond donors (Lipinski definition) is 1. The second-order valence-electron chi connectivity index (χ2n) is 7.39. The Bertz CT molecular complexity index is 1300. The van der Waals surface area contributed by atoms with Crippen LogP contribution in [0.2, 0.25) is 0 Å². The van der Waals surface area contributed by atoms with E-state index in [1.165, 1.54) is 15.9 Å². The van der Waals surface area contributed by atoms with Crippen molar-refractivity contribution in [3.8, 4) is 5.69 Å². The summed E-state index contributed by atoms with van der Waals surface area (Å²) in [4.78, 5) is 31.5. The Morgan fingerprint density at radius 1 is 1.10 bits per heavy atom. The molecule has 154 valence electrons. The van der Waals surface area contributed by atoms with Crippen LogP contribution in [0, 0.1) is 27.7 Å². The molecule has 0 radical (unpaired) electrons. The van der Waals surface area contributed by atoms with Crippen LogP contribution in [-0.2, 0) is 4.79 Å². The van der Waals surface area contributed by atoms with Crippen LogP contribution in [0.5, 0.6) is 0 Å². The molecule has 1 unspecified atom stereocenters. The van der Waals surface area contributed by atoms with Gasteiger partial charge in [0.2, 0.25) is 5.91 Å². The lowest BCUT2D eigenvalue weighted by atomic mass is 10.1. The first kappa shape index (κ1) is 20.0. The minimum absolute atomic E-state index is 0.244. The van der Waals surface area contributed by atoms with Crippen LogP contribution >= 0.6 is 11.3 Å². The van der Waals surface area contributed by atoms with Crippen molar-refractivity contribution < 1.29 is 4.79 Å². The van der Waals surface area contributed by atoms with Crippen molar-refractivity contribution in [2.45, 2.75) is 40.7 Å². The van der Waals surface area contributed by atoms with E-state index in [1.807, 2.05) is 58.0 Å². The predicted molar refractivity (Wildman–Crippen MR) is 120 cm³/mol. The molecule has 0 aliphatic rings. The summed E-state index contributed by atoms with van der Waals surface area (Å²) in [5.41, 5.74) is 3.72. The highest BCUT2D eigenvalue weighted by Crippen LogP contribution is 2.27. The summed E-state index contributed by atoms with van der Waals surface area (Å²) in [5, 5.41) is 8.94. The Hall–Kier alpha value is -3.26. The number of aromatic nitrogens is 4. The number of para-hydroxylation sites is 1. The van der Waals surface area contributed by atoms with Crippen LogP contribution in [0.15, 0.2) is 41.2 Å². The normalized spacial score (nSPS) is 12.3. The molecular formula is C22H23N5O2S. The second kappa shape index (κ2) is 7.53. The molecule has 0 aliphatic carbocycles. The SMILES string of the molecule is Cc1nc(NC(=O)C(C)n2c(=O)cc(C)c3c(C)nn(-c4ccccc4)c32)sc1C. The maximum atomic E-state index is 13.0. The van der Waals surface area contributed by atoms with Gasteiger partial charge in [-0.25, -0.2) is 9.67 Å². The van der Waals surface area contributed by atoms with E-state index in [-0.39, 0.29) is 11.5 Å². The molecule has 4 rings (SSSR count). The molecule has 3 aromatic heterocycles. The summed E-state index contributed by atoms with van der Waals surface area (Å²) in [6.07, 6.45) is 0. The Kier molecular flexibility index (Phi) is 5.03. The van der Waals surface area contributed by atoms with E-state index in [1.54, 1.807) is 17.7 Å². The van der Waals surface area contributed by atoms with Gasteiger partial charge in [-0.3, -0.25) is 14.2 Å². The maximum Gasteiger partial charge on any atom is 0.253 e. The molecule has 0 aliphatic heterocycles. The van der Waals surface area contributed by atoms with E-state index in [4.69, 9.17) is 0 Å². The number of nitrogens with zero attached hydrogens (tertiary/aromatic N) is 4. The zero-order chi connectivity index (χ0) is 21.6. The number of thiazole rings is 1. The van der Waals surface area contributed by atoms with Crippen LogP contribution in [0.4, 0.5) is 5.13 Å². The predicted octanol–water partition coefficient (Wildman–Crippen LogP) is 4.08. The number of aryl methyl sites for hydroxylation is 4. The van der Waals surface area contributed by atoms with Gasteiger partial charge in [0.25, 0.3) is 5.56 Å². The average molecular weight is 422 g/mol. The number of amides is 1. The first-order valence-corrected chi connectivity index (χ1v) is 10.5. The molecule has 3 heterocycles. The minimum Gasteiger partial charge on any atom is -0.300 e. The topological polar surface area (TPSA) is 81.8 Å². The molecule has 7 nitrogen and oxygen atoms in total. The number of fused-ring (bicyclic) bond motifs is 1. The van der Waals surface area contributed by atoms with Crippen molar-refractivity contribution in [3.05, 3.63) is 68.6 Å². The van der Waals surface area contributed by atoms with Gasteiger partial charge < -0.3 is 5.32 Å². The third kappa shape index (κ3) is 3.33. The van der Waals surface area contributed by atoms with E-state index in [2.05, 4.69) is 15.4 Å². The van der Waals surface area contributed by atoms with Crippen molar-refractivity contribution in [1.29, 1.82) is 0 Å². The molecule has 0 fully saturated rings. The fourth-order valence-electron chi connectivity index (χ4n) is 3.61. The van der Waals surface area contributed by atoms with Gasteiger partial charge in [-0.15, -0.1) is 11.3 Å².